The largest absolute Gasteiger partial charge is 0.351 e. The second-order valence-electron chi connectivity index (χ2n) is 2.67. The lowest BCUT2D eigenvalue weighted by Gasteiger charge is -2.05. The summed E-state index contributed by atoms with van der Waals surface area (Å²) in [5, 5.41) is 3.85. The average Bonchev–Trinajstić information content (AvgIpc) is 2.19. The highest BCUT2D eigenvalue weighted by molar-refractivity contribution is 7.81. The molecular weight excluding hydrogens is 241 g/mol. The van der Waals surface area contributed by atoms with Crippen LogP contribution >= 0.6 is 35.8 Å². The number of carbonyl (C=O) groups excluding carboxylic acids is 1. The molecule has 0 saturated carbocycles. The minimum atomic E-state index is -0.135. The first-order valence-electron chi connectivity index (χ1n) is 3.95. The van der Waals surface area contributed by atoms with Gasteiger partial charge in [-0.25, -0.2) is 0 Å². The second kappa shape index (κ2) is 5.49. The summed E-state index contributed by atoms with van der Waals surface area (Å²) in [6.07, 6.45) is 0. The molecule has 0 aromatic heterocycles. The van der Waals surface area contributed by atoms with E-state index in [1.54, 1.807) is 18.2 Å². The number of nitrogens with one attached hydrogen (secondary N) is 1. The van der Waals surface area contributed by atoms with Gasteiger partial charge in [0.1, 0.15) is 0 Å². The average molecular weight is 250 g/mol. The molecule has 2 nitrogen and oxygen atoms in total. The van der Waals surface area contributed by atoms with Gasteiger partial charge in [-0.2, -0.15) is 12.6 Å². The van der Waals surface area contributed by atoms with Gasteiger partial charge >= 0.3 is 0 Å². The lowest BCUT2D eigenvalue weighted by molar-refractivity contribution is -0.118. The van der Waals surface area contributed by atoms with E-state index in [1.807, 2.05) is 0 Å². The Balaban J connectivity index is 2.66. The molecule has 14 heavy (non-hydrogen) atoms. The van der Waals surface area contributed by atoms with Crippen LogP contribution in [0.15, 0.2) is 18.2 Å². The summed E-state index contributed by atoms with van der Waals surface area (Å²) in [6, 6.07) is 5.13. The van der Waals surface area contributed by atoms with Gasteiger partial charge in [0.05, 0.1) is 5.75 Å². The fourth-order valence-corrected chi connectivity index (χ4v) is 1.42. The van der Waals surface area contributed by atoms with Gasteiger partial charge < -0.3 is 5.32 Å². The molecule has 0 heterocycles. The predicted molar refractivity (Wildman–Crippen MR) is 62.2 cm³/mol. The molecule has 1 N–H and O–H groups in total. The van der Waals surface area contributed by atoms with Crippen LogP contribution in [0.4, 0.5) is 0 Å². The first-order chi connectivity index (χ1) is 6.63. The third-order valence-electron chi connectivity index (χ3n) is 1.63. The summed E-state index contributed by atoms with van der Waals surface area (Å²) in [5.74, 6) is 0.0300. The van der Waals surface area contributed by atoms with E-state index in [9.17, 15) is 4.79 Å². The Morgan fingerprint density at radius 2 is 2.14 bits per heavy atom. The van der Waals surface area contributed by atoms with Crippen LogP contribution in [0.1, 0.15) is 5.56 Å². The summed E-state index contributed by atoms with van der Waals surface area (Å²) in [6.45, 7) is 0.374. The van der Waals surface area contributed by atoms with Crippen molar-refractivity contribution in [2.45, 2.75) is 6.54 Å². The van der Waals surface area contributed by atoms with Crippen molar-refractivity contribution < 1.29 is 4.79 Å². The van der Waals surface area contributed by atoms with Crippen molar-refractivity contribution in [2.75, 3.05) is 5.75 Å². The molecule has 0 spiro atoms. The highest BCUT2D eigenvalue weighted by atomic mass is 35.5. The molecule has 5 heteroatoms. The molecule has 0 atom stereocenters. The Morgan fingerprint density at radius 3 is 2.79 bits per heavy atom. The van der Waals surface area contributed by atoms with Crippen LogP contribution in [0.2, 0.25) is 10.0 Å². The number of halogens is 2. The zero-order chi connectivity index (χ0) is 10.6. The number of hydrogen-bond acceptors (Lipinski definition) is 2. The van der Waals surface area contributed by atoms with Gasteiger partial charge in [0.25, 0.3) is 0 Å². The van der Waals surface area contributed by atoms with Gasteiger partial charge in [-0.3, -0.25) is 4.79 Å². The molecule has 0 fully saturated rings. The van der Waals surface area contributed by atoms with E-state index in [1.165, 1.54) is 0 Å². The van der Waals surface area contributed by atoms with Crippen LogP contribution < -0.4 is 5.32 Å². The quantitative estimate of drug-likeness (QED) is 0.793. The molecule has 1 amide bonds. The number of amides is 1. The molecule has 76 valence electrons. The molecule has 1 aromatic carbocycles. The van der Waals surface area contributed by atoms with Crippen LogP contribution in [-0.4, -0.2) is 11.7 Å². The van der Waals surface area contributed by atoms with Gasteiger partial charge in [0, 0.05) is 16.6 Å². The maximum Gasteiger partial charge on any atom is 0.229 e. The predicted octanol–water partition coefficient (Wildman–Crippen LogP) is 2.54. The van der Waals surface area contributed by atoms with E-state index in [-0.39, 0.29) is 11.7 Å². The maximum absolute atomic E-state index is 10.9. The van der Waals surface area contributed by atoms with E-state index in [0.717, 1.165) is 5.56 Å². The SMILES string of the molecule is O=C(CS)NCc1cc(Cl)ccc1Cl. The summed E-state index contributed by atoms with van der Waals surface area (Å²) >= 11 is 15.5. The number of carbonyl (C=O) groups is 1. The molecule has 0 aliphatic carbocycles. The highest BCUT2D eigenvalue weighted by Crippen LogP contribution is 2.20. The highest BCUT2D eigenvalue weighted by Gasteiger charge is 2.03. The Morgan fingerprint density at radius 1 is 1.43 bits per heavy atom. The minimum Gasteiger partial charge on any atom is -0.351 e. The Labute approximate surface area is 98.0 Å². The zero-order valence-corrected chi connectivity index (χ0v) is 9.66. The fourth-order valence-electron chi connectivity index (χ4n) is 0.928. The van der Waals surface area contributed by atoms with Gasteiger partial charge in [0.15, 0.2) is 0 Å². The lowest BCUT2D eigenvalue weighted by Crippen LogP contribution is -2.23. The van der Waals surface area contributed by atoms with Crippen molar-refractivity contribution in [1.29, 1.82) is 0 Å². The molecule has 1 rings (SSSR count). The van der Waals surface area contributed by atoms with Crippen molar-refractivity contribution in [3.05, 3.63) is 33.8 Å². The van der Waals surface area contributed by atoms with Crippen molar-refractivity contribution in [3.8, 4) is 0 Å². The molecule has 0 bridgehead atoms. The molecule has 0 aliphatic rings. The summed E-state index contributed by atoms with van der Waals surface area (Å²) in [7, 11) is 0. The zero-order valence-electron chi connectivity index (χ0n) is 7.26. The second-order valence-corrected chi connectivity index (χ2v) is 3.83. The van der Waals surface area contributed by atoms with Gasteiger partial charge in [-0.15, -0.1) is 0 Å². The lowest BCUT2D eigenvalue weighted by atomic mass is 10.2. The van der Waals surface area contributed by atoms with Crippen LogP contribution in [0.5, 0.6) is 0 Å². The maximum atomic E-state index is 10.9. The van der Waals surface area contributed by atoms with E-state index < -0.39 is 0 Å². The van der Waals surface area contributed by atoms with Crippen LogP contribution in [0.25, 0.3) is 0 Å². The standard InChI is InChI=1S/C9H9Cl2NOS/c10-7-1-2-8(11)6(3-7)4-12-9(13)5-14/h1-3,14H,4-5H2,(H,12,13). The normalized spacial score (nSPS) is 9.93. The third kappa shape index (κ3) is 3.40. The van der Waals surface area contributed by atoms with Gasteiger partial charge in [0.2, 0.25) is 5.91 Å². The van der Waals surface area contributed by atoms with Crippen LogP contribution in [-0.2, 0) is 11.3 Å². The third-order valence-corrected chi connectivity index (χ3v) is 2.52. The van der Waals surface area contributed by atoms with Crippen LogP contribution in [0.3, 0.4) is 0 Å². The number of thiol groups is 1. The monoisotopic (exact) mass is 249 g/mol. The van der Waals surface area contributed by atoms with Gasteiger partial charge in [-0.1, -0.05) is 23.2 Å². The number of benzene rings is 1. The van der Waals surface area contributed by atoms with E-state index >= 15 is 0 Å². The summed E-state index contributed by atoms with van der Waals surface area (Å²) in [5.41, 5.74) is 0.800. The van der Waals surface area contributed by atoms with E-state index in [4.69, 9.17) is 23.2 Å². The van der Waals surface area contributed by atoms with Crippen LogP contribution in [0, 0.1) is 0 Å². The smallest absolute Gasteiger partial charge is 0.229 e. The van der Waals surface area contributed by atoms with Crippen molar-refractivity contribution in [3.63, 3.8) is 0 Å². The minimum absolute atomic E-state index is 0.135. The first-order valence-corrected chi connectivity index (χ1v) is 5.34. The number of hydrogen-bond donors (Lipinski definition) is 2. The van der Waals surface area contributed by atoms with Gasteiger partial charge in [-0.05, 0) is 23.8 Å². The van der Waals surface area contributed by atoms with E-state index in [2.05, 4.69) is 17.9 Å². The Kier molecular flexibility index (Phi) is 4.58. The molecule has 0 aliphatic heterocycles. The van der Waals surface area contributed by atoms with Crippen molar-refractivity contribution >= 4 is 41.7 Å². The Bertz CT molecular complexity index is 344. The molecule has 0 radical (unpaired) electrons. The first kappa shape index (κ1) is 11.7. The van der Waals surface area contributed by atoms with Crippen molar-refractivity contribution in [1.82, 2.24) is 5.32 Å². The summed E-state index contributed by atoms with van der Waals surface area (Å²) < 4.78 is 0. The van der Waals surface area contributed by atoms with Crippen molar-refractivity contribution in [2.24, 2.45) is 0 Å². The Hall–Kier alpha value is -0.380. The fraction of sp³-hybridized carbons (Fsp3) is 0.222. The molecule has 0 unspecified atom stereocenters. The molecule has 1 aromatic rings. The molecular formula is C9H9Cl2NOS. The van der Waals surface area contributed by atoms with E-state index in [0.29, 0.717) is 16.6 Å². The topological polar surface area (TPSA) is 29.1 Å². The number of rotatable bonds is 3. The summed E-state index contributed by atoms with van der Waals surface area (Å²) in [4.78, 5) is 10.9. The molecule has 0 saturated heterocycles.